The zero-order valence-corrected chi connectivity index (χ0v) is 22.8. The van der Waals surface area contributed by atoms with Crippen LogP contribution in [0.15, 0.2) is 52.3 Å². The van der Waals surface area contributed by atoms with Gasteiger partial charge in [0.2, 0.25) is 0 Å². The van der Waals surface area contributed by atoms with E-state index in [1.165, 1.54) is 11.8 Å². The molecule has 5 rings (SSSR count). The lowest BCUT2D eigenvalue weighted by Crippen LogP contribution is -2.29. The van der Waals surface area contributed by atoms with Gasteiger partial charge in [-0.05, 0) is 73.9 Å². The van der Waals surface area contributed by atoms with E-state index in [2.05, 4.69) is 12.2 Å². The third-order valence-electron chi connectivity index (χ3n) is 7.09. The minimum absolute atomic E-state index is 0.208. The monoisotopic (exact) mass is 534 g/mol. The van der Waals surface area contributed by atoms with Gasteiger partial charge in [-0.2, -0.15) is 0 Å². The number of carbonyl (C=O) groups is 1. The first-order valence-corrected chi connectivity index (χ1v) is 13.7. The van der Waals surface area contributed by atoms with E-state index in [-0.39, 0.29) is 17.5 Å². The summed E-state index contributed by atoms with van der Waals surface area (Å²) in [6.07, 6.45) is 7.71. The molecule has 0 spiro atoms. The average Bonchev–Trinajstić information content (AvgIpc) is 3.16. The first-order valence-electron chi connectivity index (χ1n) is 12.5. The average molecular weight is 535 g/mol. The molecule has 0 atom stereocenters. The lowest BCUT2D eigenvalue weighted by atomic mass is 9.87. The third kappa shape index (κ3) is 5.29. The second-order valence-electron chi connectivity index (χ2n) is 9.78. The number of nitrogens with zero attached hydrogens (tertiary/aromatic N) is 3. The molecule has 1 saturated heterocycles. The summed E-state index contributed by atoms with van der Waals surface area (Å²) in [6.45, 7) is 4.57. The molecule has 7 nitrogen and oxygen atoms in total. The minimum Gasteiger partial charge on any atom is -0.497 e. The van der Waals surface area contributed by atoms with Gasteiger partial charge in [0.1, 0.15) is 21.5 Å². The lowest BCUT2D eigenvalue weighted by Gasteiger charge is -2.28. The number of ether oxygens (including phenoxy) is 1. The SMILES string of the molecule is COc1ccc(CN2C(=O)/C(=C\c3c(NC4CCC(C)CC4)nc4c(C)cccn4c3=O)SC2=S)cc1. The zero-order valence-electron chi connectivity index (χ0n) is 21.2. The molecule has 1 aliphatic carbocycles. The van der Waals surface area contributed by atoms with Gasteiger partial charge in [0.15, 0.2) is 0 Å². The number of anilines is 1. The fourth-order valence-electron chi connectivity index (χ4n) is 4.83. The summed E-state index contributed by atoms with van der Waals surface area (Å²) in [7, 11) is 1.62. The van der Waals surface area contributed by atoms with Crippen molar-refractivity contribution in [2.45, 2.75) is 52.1 Å². The molecule has 0 unspecified atom stereocenters. The molecule has 1 aliphatic heterocycles. The summed E-state index contributed by atoms with van der Waals surface area (Å²) < 4.78 is 7.24. The fraction of sp³-hybridized carbons (Fsp3) is 0.357. The summed E-state index contributed by atoms with van der Waals surface area (Å²) in [5.41, 5.74) is 2.64. The smallest absolute Gasteiger partial charge is 0.267 e. The van der Waals surface area contributed by atoms with Crippen LogP contribution in [-0.4, -0.2) is 37.7 Å². The van der Waals surface area contributed by atoms with Crippen molar-refractivity contribution in [1.29, 1.82) is 0 Å². The summed E-state index contributed by atoms with van der Waals surface area (Å²) in [5, 5.41) is 3.54. The molecule has 1 N–H and O–H groups in total. The predicted molar refractivity (Wildman–Crippen MR) is 153 cm³/mol. The van der Waals surface area contributed by atoms with Gasteiger partial charge >= 0.3 is 0 Å². The van der Waals surface area contributed by atoms with Crippen LogP contribution in [0.25, 0.3) is 11.7 Å². The van der Waals surface area contributed by atoms with E-state index in [1.807, 2.05) is 43.3 Å². The normalized spacial score (nSPS) is 21.2. The molecule has 37 heavy (non-hydrogen) atoms. The van der Waals surface area contributed by atoms with Crippen LogP contribution in [-0.2, 0) is 11.3 Å². The van der Waals surface area contributed by atoms with Crippen molar-refractivity contribution in [1.82, 2.24) is 14.3 Å². The first kappa shape index (κ1) is 25.5. The molecule has 2 aromatic heterocycles. The molecule has 9 heteroatoms. The van der Waals surface area contributed by atoms with Crippen molar-refractivity contribution in [3.05, 3.63) is 74.5 Å². The fourth-order valence-corrected chi connectivity index (χ4v) is 6.07. The van der Waals surface area contributed by atoms with Gasteiger partial charge in [-0.1, -0.05) is 49.1 Å². The third-order valence-corrected chi connectivity index (χ3v) is 8.47. The minimum atomic E-state index is -0.211. The largest absolute Gasteiger partial charge is 0.497 e. The molecule has 0 bridgehead atoms. The van der Waals surface area contributed by atoms with E-state index in [1.54, 1.807) is 28.7 Å². The molecule has 1 saturated carbocycles. The van der Waals surface area contributed by atoms with Crippen LogP contribution in [0.2, 0.25) is 0 Å². The highest BCUT2D eigenvalue weighted by molar-refractivity contribution is 8.26. The van der Waals surface area contributed by atoms with Crippen LogP contribution >= 0.6 is 24.0 Å². The maximum Gasteiger partial charge on any atom is 0.267 e. The summed E-state index contributed by atoms with van der Waals surface area (Å²) in [5.74, 6) is 1.78. The molecule has 2 fully saturated rings. The molecule has 1 aromatic carbocycles. The lowest BCUT2D eigenvalue weighted by molar-refractivity contribution is -0.122. The Morgan fingerprint density at radius 3 is 2.59 bits per heavy atom. The van der Waals surface area contributed by atoms with Crippen molar-refractivity contribution in [3.63, 3.8) is 0 Å². The number of thiocarbonyl (C=S) groups is 1. The first-order chi connectivity index (χ1) is 17.8. The number of amides is 1. The molecular weight excluding hydrogens is 504 g/mol. The van der Waals surface area contributed by atoms with Crippen LogP contribution in [0.5, 0.6) is 5.75 Å². The number of aryl methyl sites for hydroxylation is 1. The van der Waals surface area contributed by atoms with Gasteiger partial charge < -0.3 is 10.1 Å². The van der Waals surface area contributed by atoms with E-state index in [0.717, 1.165) is 42.6 Å². The van der Waals surface area contributed by atoms with Gasteiger partial charge in [-0.3, -0.25) is 18.9 Å². The quantitative estimate of drug-likeness (QED) is 0.335. The number of thioether (sulfide) groups is 1. The van der Waals surface area contributed by atoms with Gasteiger partial charge in [0.25, 0.3) is 11.5 Å². The van der Waals surface area contributed by atoms with Gasteiger partial charge in [0.05, 0.1) is 24.1 Å². The predicted octanol–water partition coefficient (Wildman–Crippen LogP) is 5.40. The van der Waals surface area contributed by atoms with Gasteiger partial charge in [-0.25, -0.2) is 4.98 Å². The number of fused-ring (bicyclic) bond motifs is 1. The molecule has 3 aromatic rings. The Balaban J connectivity index is 1.50. The zero-order chi connectivity index (χ0) is 26.1. The van der Waals surface area contributed by atoms with Crippen LogP contribution in [0.1, 0.15) is 49.3 Å². The van der Waals surface area contributed by atoms with Crippen molar-refractivity contribution in [3.8, 4) is 5.75 Å². The molecule has 1 amide bonds. The second kappa shape index (κ2) is 10.7. The van der Waals surface area contributed by atoms with Gasteiger partial charge in [-0.15, -0.1) is 0 Å². The Kier molecular flexibility index (Phi) is 7.35. The number of pyridine rings is 1. The van der Waals surface area contributed by atoms with Crippen molar-refractivity contribution < 1.29 is 9.53 Å². The van der Waals surface area contributed by atoms with Crippen LogP contribution < -0.4 is 15.6 Å². The van der Waals surface area contributed by atoms with E-state index in [4.69, 9.17) is 21.9 Å². The van der Waals surface area contributed by atoms with E-state index >= 15 is 0 Å². The number of nitrogens with one attached hydrogen (secondary N) is 1. The highest BCUT2D eigenvalue weighted by Gasteiger charge is 2.33. The van der Waals surface area contributed by atoms with Crippen LogP contribution in [0.4, 0.5) is 5.82 Å². The summed E-state index contributed by atoms with van der Waals surface area (Å²) >= 11 is 6.76. The molecule has 2 aliphatic rings. The Morgan fingerprint density at radius 2 is 1.89 bits per heavy atom. The number of carbonyl (C=O) groups excluding carboxylic acids is 1. The van der Waals surface area contributed by atoms with E-state index in [9.17, 15) is 9.59 Å². The molecule has 0 radical (unpaired) electrons. The molecule has 3 heterocycles. The van der Waals surface area contributed by atoms with Crippen molar-refractivity contribution in [2.75, 3.05) is 12.4 Å². The molecular formula is C28H30N4O3S2. The van der Waals surface area contributed by atoms with Crippen molar-refractivity contribution in [2.24, 2.45) is 5.92 Å². The summed E-state index contributed by atoms with van der Waals surface area (Å²) in [6, 6.07) is 11.6. The maximum atomic E-state index is 13.7. The number of hydrogen-bond acceptors (Lipinski definition) is 7. The van der Waals surface area contributed by atoms with E-state index in [0.29, 0.717) is 38.7 Å². The Morgan fingerprint density at radius 1 is 1.16 bits per heavy atom. The Hall–Kier alpha value is -3.17. The van der Waals surface area contributed by atoms with Crippen LogP contribution in [0.3, 0.4) is 0 Å². The number of aromatic nitrogens is 2. The van der Waals surface area contributed by atoms with Gasteiger partial charge in [0, 0.05) is 12.2 Å². The number of hydrogen-bond donors (Lipinski definition) is 1. The number of benzene rings is 1. The summed E-state index contributed by atoms with van der Waals surface area (Å²) in [4.78, 5) is 33.9. The standard InChI is InChI=1S/C28H30N4O3S2/c1-17-6-10-20(11-7-17)29-24-22(26(33)31-14-4-5-18(2)25(31)30-24)15-23-27(34)32(28(36)37-23)16-19-8-12-21(35-3)13-9-19/h4-5,8-9,12-15,17,20,29H,6-7,10-11,16H2,1-3H3/b23-15+. The highest BCUT2D eigenvalue weighted by atomic mass is 32.2. The maximum absolute atomic E-state index is 13.7. The second-order valence-corrected chi connectivity index (χ2v) is 11.5. The number of rotatable bonds is 6. The molecule has 192 valence electrons. The highest BCUT2D eigenvalue weighted by Crippen LogP contribution is 2.35. The Labute approximate surface area is 225 Å². The topological polar surface area (TPSA) is 75.9 Å². The van der Waals surface area contributed by atoms with Crippen LogP contribution in [0, 0.1) is 12.8 Å². The Bertz CT molecular complexity index is 1440. The van der Waals surface area contributed by atoms with Crippen molar-refractivity contribution >= 4 is 51.7 Å². The number of methoxy groups -OCH3 is 1. The van der Waals surface area contributed by atoms with E-state index < -0.39 is 0 Å².